The van der Waals surface area contributed by atoms with Crippen LogP contribution < -0.4 is 21.5 Å². The van der Waals surface area contributed by atoms with Crippen LogP contribution in [0, 0.1) is 0 Å². The highest BCUT2D eigenvalue weighted by molar-refractivity contribution is 6.00. The third-order valence-electron chi connectivity index (χ3n) is 5.46. The number of pyridine rings is 1. The van der Waals surface area contributed by atoms with Crippen molar-refractivity contribution in [3.8, 4) is 0 Å². The Morgan fingerprint density at radius 2 is 1.81 bits per heavy atom. The Kier molecular flexibility index (Phi) is 13.8. The second kappa shape index (κ2) is 16.3. The zero-order valence-corrected chi connectivity index (χ0v) is 22.2. The highest BCUT2D eigenvalue weighted by Crippen LogP contribution is 2.21. The molecule has 1 atom stereocenters. The number of hydrogen-bond donors (Lipinski definition) is 5. The summed E-state index contributed by atoms with van der Waals surface area (Å²) in [6.45, 7) is 4.04. The van der Waals surface area contributed by atoms with E-state index in [1.165, 1.54) is 36.4 Å². The molecule has 3 heterocycles. The molecule has 1 aliphatic carbocycles. The Balaban J connectivity index is 0.000000708. The maximum Gasteiger partial charge on any atom is 0.274 e. The van der Waals surface area contributed by atoms with Crippen LogP contribution in [0.25, 0.3) is 5.65 Å². The quantitative estimate of drug-likeness (QED) is 0.331. The summed E-state index contributed by atoms with van der Waals surface area (Å²) in [7, 11) is 5.44. The summed E-state index contributed by atoms with van der Waals surface area (Å²) in [5.74, 6) is 0.857. The van der Waals surface area contributed by atoms with Crippen LogP contribution in [0.4, 0.5) is 17.3 Å². The molecule has 0 spiro atoms. The summed E-state index contributed by atoms with van der Waals surface area (Å²) >= 11 is 0. The number of hydrogen-bond acceptors (Lipinski definition) is 8. The van der Waals surface area contributed by atoms with Crippen molar-refractivity contribution in [2.24, 2.45) is 7.05 Å². The molecule has 0 unspecified atom stereocenters. The summed E-state index contributed by atoms with van der Waals surface area (Å²) in [4.78, 5) is 29.5. The fourth-order valence-electron chi connectivity index (χ4n) is 3.25. The van der Waals surface area contributed by atoms with E-state index in [9.17, 15) is 9.59 Å². The van der Waals surface area contributed by atoms with E-state index in [-0.39, 0.29) is 17.5 Å². The predicted molar refractivity (Wildman–Crippen MR) is 144 cm³/mol. The van der Waals surface area contributed by atoms with Crippen LogP contribution in [0.3, 0.4) is 0 Å². The molecule has 0 aliphatic heterocycles. The number of aliphatic hydroxyl groups is 2. The Hall–Kier alpha value is -3.44. The van der Waals surface area contributed by atoms with Crippen LogP contribution in [-0.2, 0) is 7.05 Å². The fraction of sp³-hybridized carbons (Fsp3) is 0.520. The molecule has 0 aromatic carbocycles. The van der Waals surface area contributed by atoms with Gasteiger partial charge < -0.3 is 30.7 Å². The first kappa shape index (κ1) is 30.6. The summed E-state index contributed by atoms with van der Waals surface area (Å²) in [5.41, 5.74) is 1.01. The van der Waals surface area contributed by atoms with Gasteiger partial charge >= 0.3 is 0 Å². The van der Waals surface area contributed by atoms with E-state index in [0.29, 0.717) is 28.5 Å². The lowest BCUT2D eigenvalue weighted by atomic mass is 10.0. The van der Waals surface area contributed by atoms with E-state index in [0.717, 1.165) is 27.1 Å². The van der Waals surface area contributed by atoms with Crippen molar-refractivity contribution < 1.29 is 15.0 Å². The van der Waals surface area contributed by atoms with Crippen molar-refractivity contribution in [1.29, 1.82) is 0 Å². The van der Waals surface area contributed by atoms with Gasteiger partial charge in [-0.15, -0.1) is 0 Å². The van der Waals surface area contributed by atoms with Gasteiger partial charge in [-0.25, -0.2) is 4.98 Å². The molecule has 1 amide bonds. The van der Waals surface area contributed by atoms with Crippen LogP contribution >= 0.6 is 0 Å². The van der Waals surface area contributed by atoms with Crippen molar-refractivity contribution >= 4 is 28.9 Å². The largest absolute Gasteiger partial charge is 0.400 e. The first-order valence-corrected chi connectivity index (χ1v) is 12.1. The van der Waals surface area contributed by atoms with Gasteiger partial charge in [0.05, 0.1) is 6.20 Å². The molecule has 200 valence electrons. The van der Waals surface area contributed by atoms with Gasteiger partial charge in [-0.05, 0) is 25.5 Å². The number of nitrogens with zero attached hydrogens (tertiary/aromatic N) is 4. The van der Waals surface area contributed by atoms with Crippen LogP contribution in [0.2, 0.25) is 0 Å². The molecule has 3 aromatic heterocycles. The number of anilines is 3. The van der Waals surface area contributed by atoms with E-state index in [2.05, 4.69) is 33.0 Å². The highest BCUT2D eigenvalue weighted by Gasteiger charge is 2.18. The van der Waals surface area contributed by atoms with Crippen molar-refractivity contribution in [1.82, 2.24) is 24.5 Å². The molecule has 1 aliphatic rings. The monoisotopic (exact) mass is 503 g/mol. The zero-order chi connectivity index (χ0) is 27.1. The minimum absolute atomic E-state index is 0.0601. The van der Waals surface area contributed by atoms with E-state index < -0.39 is 0 Å². The van der Waals surface area contributed by atoms with Crippen LogP contribution in [0.15, 0.2) is 35.4 Å². The van der Waals surface area contributed by atoms with Gasteiger partial charge in [-0.2, -0.15) is 9.61 Å². The number of carbonyl (C=O) groups is 1. The van der Waals surface area contributed by atoms with Crippen molar-refractivity contribution in [2.75, 3.05) is 31.9 Å². The molecule has 4 rings (SSSR count). The number of rotatable bonds is 7. The number of aliphatic hydroxyl groups excluding tert-OH is 2. The summed E-state index contributed by atoms with van der Waals surface area (Å²) < 4.78 is 3.04. The van der Waals surface area contributed by atoms with Crippen LogP contribution in [0.1, 0.15) is 62.7 Å². The first-order chi connectivity index (χ1) is 17.4. The molecule has 0 saturated heterocycles. The van der Waals surface area contributed by atoms with Gasteiger partial charge in [0, 0.05) is 46.6 Å². The Labute approximate surface area is 212 Å². The van der Waals surface area contributed by atoms with Gasteiger partial charge in [0.1, 0.15) is 22.9 Å². The number of carbonyl (C=O) groups excluding carboxylic acids is 1. The van der Waals surface area contributed by atoms with E-state index in [4.69, 9.17) is 10.2 Å². The minimum Gasteiger partial charge on any atom is -0.400 e. The average Bonchev–Trinajstić information content (AvgIpc) is 3.27. The minimum atomic E-state index is -0.224. The topological polar surface area (TPSA) is 146 Å². The van der Waals surface area contributed by atoms with E-state index >= 15 is 0 Å². The number of aromatic nitrogens is 4. The summed E-state index contributed by atoms with van der Waals surface area (Å²) in [6, 6.07) is 5.25. The molecular formula is C25H41N7O4. The first-order valence-electron chi connectivity index (χ1n) is 12.1. The van der Waals surface area contributed by atoms with Gasteiger partial charge in [-0.3, -0.25) is 9.59 Å². The molecule has 3 aromatic rings. The molecule has 0 bridgehead atoms. The molecule has 11 nitrogen and oxygen atoms in total. The van der Waals surface area contributed by atoms with Crippen LogP contribution in [-0.4, -0.2) is 62.6 Å². The van der Waals surface area contributed by atoms with E-state index in [1.54, 1.807) is 43.0 Å². The SMILES string of the molecule is C1CCC1.CCC[C@@H](C)NC(=O)c1cnn2c(NC)cc(Nc3cccn(C)c3=O)nc12.CO.CO. The third-order valence-corrected chi connectivity index (χ3v) is 5.46. The number of fused-ring (bicyclic) bond motifs is 1. The molecule has 1 saturated carbocycles. The smallest absolute Gasteiger partial charge is 0.274 e. The lowest BCUT2D eigenvalue weighted by Crippen LogP contribution is -2.32. The molecule has 11 heteroatoms. The maximum absolute atomic E-state index is 12.7. The fourth-order valence-corrected chi connectivity index (χ4v) is 3.25. The van der Waals surface area contributed by atoms with Gasteiger partial charge in [-0.1, -0.05) is 39.0 Å². The van der Waals surface area contributed by atoms with E-state index in [1.807, 2.05) is 6.92 Å². The third kappa shape index (κ3) is 8.35. The number of nitrogens with one attached hydrogen (secondary N) is 3. The Morgan fingerprint density at radius 1 is 1.17 bits per heavy atom. The van der Waals surface area contributed by atoms with Crippen LogP contribution in [0.5, 0.6) is 0 Å². The highest BCUT2D eigenvalue weighted by atomic mass is 16.2. The second-order valence-corrected chi connectivity index (χ2v) is 8.11. The summed E-state index contributed by atoms with van der Waals surface area (Å²) in [6.07, 6.45) is 11.1. The van der Waals surface area contributed by atoms with Gasteiger partial charge in [0.2, 0.25) is 0 Å². The van der Waals surface area contributed by atoms with Crippen molar-refractivity contribution in [3.63, 3.8) is 0 Å². The lowest BCUT2D eigenvalue weighted by Gasteiger charge is -2.13. The molecular weight excluding hydrogens is 462 g/mol. The summed E-state index contributed by atoms with van der Waals surface area (Å²) in [5, 5.41) is 27.3. The lowest BCUT2D eigenvalue weighted by molar-refractivity contribution is 0.0940. The Morgan fingerprint density at radius 3 is 2.36 bits per heavy atom. The van der Waals surface area contributed by atoms with Crippen molar-refractivity contribution in [2.45, 2.75) is 58.4 Å². The maximum atomic E-state index is 12.7. The van der Waals surface area contributed by atoms with Crippen molar-refractivity contribution in [3.05, 3.63) is 46.5 Å². The molecule has 5 N–H and O–H groups in total. The molecule has 0 radical (unpaired) electrons. The zero-order valence-electron chi connectivity index (χ0n) is 22.2. The van der Waals surface area contributed by atoms with Gasteiger partial charge in [0.15, 0.2) is 5.65 Å². The Bertz CT molecular complexity index is 1120. The molecule has 1 fully saturated rings. The number of aryl methyl sites for hydroxylation is 1. The second-order valence-electron chi connectivity index (χ2n) is 8.11. The number of amides is 1. The van der Waals surface area contributed by atoms with Gasteiger partial charge in [0.25, 0.3) is 11.5 Å². The predicted octanol–water partition coefficient (Wildman–Crippen LogP) is 2.91. The average molecular weight is 504 g/mol. The molecule has 36 heavy (non-hydrogen) atoms. The normalized spacial score (nSPS) is 12.3. The standard InChI is InChI=1S/C19H25N7O2.C4H8.2CH4O/c1-5-7-12(2)22-18(27)13-11-21-26-16(20-3)10-15(24-17(13)26)23-14-8-6-9-25(4)19(14)28;1-2-4-3-1;2*1-2/h6,8-12,20H,5,7H2,1-4H3,(H,22,27)(H,23,24);1-4H2;2*2H,1H3/t12-;;;/m1.../s1.